The van der Waals surface area contributed by atoms with Crippen LogP contribution in [0.5, 0.6) is 0 Å². The number of aryl methyl sites for hydroxylation is 3. The second-order valence-corrected chi connectivity index (χ2v) is 12.6. The summed E-state index contributed by atoms with van der Waals surface area (Å²) >= 11 is 0. The average Bonchev–Trinajstić information content (AvgIpc) is 2.77. The molecule has 31 heavy (non-hydrogen) atoms. The van der Waals surface area contributed by atoms with E-state index in [1.807, 2.05) is 0 Å². The van der Waals surface area contributed by atoms with Crippen molar-refractivity contribution < 1.29 is 0 Å². The molecule has 0 saturated heterocycles. The zero-order chi connectivity index (χ0) is 22.2. The minimum atomic E-state index is -2.53. The summed E-state index contributed by atoms with van der Waals surface area (Å²) in [5.74, 6) is 0. The van der Waals surface area contributed by atoms with E-state index in [0.29, 0.717) is 0 Å². The molecule has 0 aliphatic heterocycles. The SMILES string of the molecule is Cc1cccc([PH](c2ccccc2)(c2cccc(C)c2C)c2cccc(C)c2C)c1C. The molecule has 0 radical (unpaired) electrons. The van der Waals surface area contributed by atoms with Gasteiger partial charge in [-0.2, -0.15) is 0 Å². The van der Waals surface area contributed by atoms with Crippen LogP contribution < -0.4 is 21.2 Å². The standard InChI is InChI=1S/C30H33P/c1-21-13-10-18-28(24(21)4)31(27-16-8-7-9-17-27,29-19-11-14-22(2)25(29)5)30-20-12-15-23(3)26(30)6/h7-20,31H,1-6H3. The van der Waals surface area contributed by atoms with Crippen LogP contribution in [0.2, 0.25) is 0 Å². The van der Waals surface area contributed by atoms with Crippen molar-refractivity contribution in [3.63, 3.8) is 0 Å². The molecule has 4 aromatic carbocycles. The first-order valence-electron chi connectivity index (χ1n) is 11.1. The first kappa shape index (κ1) is 21.5. The van der Waals surface area contributed by atoms with Crippen LogP contribution in [0, 0.1) is 41.5 Å². The van der Waals surface area contributed by atoms with Crippen LogP contribution >= 0.6 is 7.26 Å². The molecule has 0 unspecified atom stereocenters. The van der Waals surface area contributed by atoms with Gasteiger partial charge in [0.25, 0.3) is 0 Å². The number of hydrogen-bond donors (Lipinski definition) is 0. The van der Waals surface area contributed by atoms with Gasteiger partial charge in [0, 0.05) is 0 Å². The molecule has 0 heterocycles. The quantitative estimate of drug-likeness (QED) is 0.359. The molecule has 0 fully saturated rings. The van der Waals surface area contributed by atoms with Crippen LogP contribution in [0.4, 0.5) is 0 Å². The van der Waals surface area contributed by atoms with Crippen molar-refractivity contribution in [2.24, 2.45) is 0 Å². The molecule has 0 aliphatic rings. The van der Waals surface area contributed by atoms with Gasteiger partial charge >= 0.3 is 188 Å². The summed E-state index contributed by atoms with van der Waals surface area (Å²) in [5, 5.41) is 5.95. The van der Waals surface area contributed by atoms with E-state index in [-0.39, 0.29) is 0 Å². The van der Waals surface area contributed by atoms with E-state index < -0.39 is 7.26 Å². The summed E-state index contributed by atoms with van der Waals surface area (Å²) in [6.45, 7) is 13.7. The van der Waals surface area contributed by atoms with E-state index in [4.69, 9.17) is 0 Å². The molecule has 0 aliphatic carbocycles. The summed E-state index contributed by atoms with van der Waals surface area (Å²) in [4.78, 5) is 0. The molecule has 0 saturated carbocycles. The van der Waals surface area contributed by atoms with E-state index in [9.17, 15) is 0 Å². The molecule has 0 atom stereocenters. The monoisotopic (exact) mass is 424 g/mol. The Bertz CT molecular complexity index is 1110. The number of benzene rings is 4. The van der Waals surface area contributed by atoms with Crippen LogP contribution in [-0.4, -0.2) is 0 Å². The summed E-state index contributed by atoms with van der Waals surface area (Å²) in [7, 11) is -2.53. The Labute approximate surface area is 188 Å². The van der Waals surface area contributed by atoms with Crippen LogP contribution in [0.15, 0.2) is 84.9 Å². The van der Waals surface area contributed by atoms with Gasteiger partial charge in [-0.1, -0.05) is 0 Å². The van der Waals surface area contributed by atoms with Crippen molar-refractivity contribution in [3.8, 4) is 0 Å². The second-order valence-electron chi connectivity index (χ2n) is 8.86. The van der Waals surface area contributed by atoms with E-state index in [1.165, 1.54) is 54.6 Å². The van der Waals surface area contributed by atoms with Gasteiger partial charge in [-0.25, -0.2) is 0 Å². The van der Waals surface area contributed by atoms with Gasteiger partial charge < -0.3 is 0 Å². The molecule has 0 N–H and O–H groups in total. The van der Waals surface area contributed by atoms with Gasteiger partial charge in [0.15, 0.2) is 0 Å². The van der Waals surface area contributed by atoms with Crippen LogP contribution in [0.1, 0.15) is 33.4 Å². The molecule has 158 valence electrons. The first-order valence-corrected chi connectivity index (χ1v) is 13.1. The summed E-state index contributed by atoms with van der Waals surface area (Å²) < 4.78 is 0. The molecule has 0 aromatic heterocycles. The fourth-order valence-corrected chi connectivity index (χ4v) is 10.9. The van der Waals surface area contributed by atoms with Gasteiger partial charge in [-0.15, -0.1) is 0 Å². The Morgan fingerprint density at radius 3 is 1.10 bits per heavy atom. The Kier molecular flexibility index (Phi) is 5.87. The third kappa shape index (κ3) is 3.44. The van der Waals surface area contributed by atoms with E-state index in [0.717, 1.165) is 0 Å². The van der Waals surface area contributed by atoms with Crippen LogP contribution in [0.25, 0.3) is 0 Å². The molecule has 0 spiro atoms. The third-order valence-electron chi connectivity index (χ3n) is 7.23. The van der Waals surface area contributed by atoms with E-state index >= 15 is 0 Å². The van der Waals surface area contributed by atoms with Crippen molar-refractivity contribution in [2.45, 2.75) is 41.5 Å². The predicted molar refractivity (Wildman–Crippen MR) is 141 cm³/mol. The molecule has 4 aromatic rings. The van der Waals surface area contributed by atoms with Crippen molar-refractivity contribution in [3.05, 3.63) is 118 Å². The minimum absolute atomic E-state index is 1.36. The Morgan fingerprint density at radius 1 is 0.387 bits per heavy atom. The van der Waals surface area contributed by atoms with E-state index in [1.54, 1.807) is 0 Å². The van der Waals surface area contributed by atoms with E-state index in [2.05, 4.69) is 126 Å². The molecule has 0 bridgehead atoms. The van der Waals surface area contributed by atoms with Crippen LogP contribution in [0.3, 0.4) is 0 Å². The molecular weight excluding hydrogens is 391 g/mol. The van der Waals surface area contributed by atoms with Crippen LogP contribution in [-0.2, 0) is 0 Å². The number of hydrogen-bond acceptors (Lipinski definition) is 0. The van der Waals surface area contributed by atoms with Crippen molar-refractivity contribution in [1.82, 2.24) is 0 Å². The number of rotatable bonds is 4. The molecular formula is C30H33P. The predicted octanol–water partition coefficient (Wildman–Crippen LogP) is 5.89. The fourth-order valence-electron chi connectivity index (χ4n) is 5.06. The van der Waals surface area contributed by atoms with Gasteiger partial charge in [-0.05, 0) is 0 Å². The third-order valence-corrected chi connectivity index (χ3v) is 12.5. The van der Waals surface area contributed by atoms with Crippen molar-refractivity contribution in [1.29, 1.82) is 0 Å². The second kappa shape index (κ2) is 8.45. The molecule has 0 amide bonds. The summed E-state index contributed by atoms with van der Waals surface area (Å²) in [6.07, 6.45) is 0. The topological polar surface area (TPSA) is 0 Å². The Morgan fingerprint density at radius 2 is 0.742 bits per heavy atom. The van der Waals surface area contributed by atoms with Crippen molar-refractivity contribution in [2.75, 3.05) is 0 Å². The molecule has 0 nitrogen and oxygen atoms in total. The average molecular weight is 425 g/mol. The normalized spacial score (nSPS) is 12.1. The van der Waals surface area contributed by atoms with Gasteiger partial charge in [0.1, 0.15) is 0 Å². The first-order chi connectivity index (χ1) is 14.9. The summed E-state index contributed by atoms with van der Waals surface area (Å²) in [6, 6.07) is 31.9. The fraction of sp³-hybridized carbons (Fsp3) is 0.200. The van der Waals surface area contributed by atoms with Gasteiger partial charge in [-0.3, -0.25) is 0 Å². The maximum atomic E-state index is 2.39. The van der Waals surface area contributed by atoms with Gasteiger partial charge in [0.05, 0.1) is 0 Å². The maximum absolute atomic E-state index is 2.53. The molecule has 4 rings (SSSR count). The molecule has 1 heteroatoms. The van der Waals surface area contributed by atoms with Gasteiger partial charge in [0.2, 0.25) is 0 Å². The Hall–Kier alpha value is -2.69. The van der Waals surface area contributed by atoms with Crippen molar-refractivity contribution >= 4 is 28.5 Å². The Balaban J connectivity index is 2.30. The zero-order valence-electron chi connectivity index (χ0n) is 19.6. The zero-order valence-corrected chi connectivity index (χ0v) is 20.6. The summed E-state index contributed by atoms with van der Waals surface area (Å²) in [5.41, 5.74) is 8.34.